The van der Waals surface area contributed by atoms with E-state index in [-0.39, 0.29) is 17.0 Å². The maximum atomic E-state index is 13.8. The lowest BCUT2D eigenvalue weighted by atomic mass is 10.0. The number of hydrogen-bond acceptors (Lipinski definition) is 4. The largest absolute Gasteiger partial charge is 0.458 e. The number of halogens is 8. The van der Waals surface area contributed by atoms with E-state index in [0.29, 0.717) is 17.9 Å². The maximum absolute atomic E-state index is 13.8. The van der Waals surface area contributed by atoms with Crippen molar-refractivity contribution in [3.63, 3.8) is 0 Å². The molecular weight excluding hydrogens is 512 g/mol. The van der Waals surface area contributed by atoms with Crippen LogP contribution in [-0.2, 0) is 12.5 Å². The van der Waals surface area contributed by atoms with E-state index in [0.717, 1.165) is 16.7 Å². The van der Waals surface area contributed by atoms with E-state index in [1.807, 2.05) is 0 Å². The average molecular weight is 534 g/mol. The Morgan fingerprint density at radius 1 is 0.838 bits per heavy atom. The van der Waals surface area contributed by atoms with Crippen LogP contribution in [0.3, 0.4) is 0 Å². The van der Waals surface area contributed by atoms with Crippen molar-refractivity contribution in [3.05, 3.63) is 83.9 Å². The summed E-state index contributed by atoms with van der Waals surface area (Å²) in [5.74, 6) is -4.53. The molecule has 0 bridgehead atoms. The third kappa shape index (κ3) is 7.03. The SMILES string of the molecule is CNc1cccc(Oc2cccc(N(Cc3cccc(C(F)(F)C(F)(F)F)c3)CC(O)C(F)(F)F)c2)c1. The first kappa shape index (κ1) is 28.0. The molecule has 0 spiro atoms. The van der Waals surface area contributed by atoms with Gasteiger partial charge in [0.2, 0.25) is 0 Å². The first-order valence-electron chi connectivity index (χ1n) is 10.8. The first-order valence-corrected chi connectivity index (χ1v) is 10.8. The molecule has 0 aromatic heterocycles. The van der Waals surface area contributed by atoms with Crippen LogP contribution in [0, 0.1) is 0 Å². The van der Waals surface area contributed by atoms with Crippen molar-refractivity contribution in [2.75, 3.05) is 23.8 Å². The van der Waals surface area contributed by atoms with Gasteiger partial charge in [0.15, 0.2) is 6.10 Å². The number of rotatable bonds is 9. The molecule has 0 aliphatic carbocycles. The van der Waals surface area contributed by atoms with E-state index in [1.54, 1.807) is 31.3 Å². The molecule has 0 aliphatic rings. The molecule has 0 saturated carbocycles. The van der Waals surface area contributed by atoms with Gasteiger partial charge in [-0.05, 0) is 35.9 Å². The average Bonchev–Trinajstić information content (AvgIpc) is 2.82. The van der Waals surface area contributed by atoms with Crippen LogP contribution in [0.15, 0.2) is 72.8 Å². The summed E-state index contributed by atoms with van der Waals surface area (Å²) in [5.41, 5.74) is -0.628. The fourth-order valence-corrected chi connectivity index (χ4v) is 3.42. The minimum Gasteiger partial charge on any atom is -0.457 e. The topological polar surface area (TPSA) is 44.7 Å². The van der Waals surface area contributed by atoms with Gasteiger partial charge >= 0.3 is 18.3 Å². The number of ether oxygens (including phenoxy) is 1. The first-order chi connectivity index (χ1) is 17.2. The predicted octanol–water partition coefficient (Wildman–Crippen LogP) is 7.10. The summed E-state index contributed by atoms with van der Waals surface area (Å²) in [6.07, 6.45) is -13.7. The molecule has 1 atom stereocenters. The summed E-state index contributed by atoms with van der Waals surface area (Å²) in [7, 11) is 1.70. The Hall–Kier alpha value is -3.54. The van der Waals surface area contributed by atoms with Gasteiger partial charge in [-0.3, -0.25) is 0 Å². The zero-order valence-corrected chi connectivity index (χ0v) is 19.2. The quantitative estimate of drug-likeness (QED) is 0.288. The lowest BCUT2D eigenvalue weighted by molar-refractivity contribution is -0.289. The third-order valence-corrected chi connectivity index (χ3v) is 5.33. The second-order valence-corrected chi connectivity index (χ2v) is 8.09. The highest BCUT2D eigenvalue weighted by Crippen LogP contribution is 2.44. The lowest BCUT2D eigenvalue weighted by Gasteiger charge is -2.29. The van der Waals surface area contributed by atoms with Gasteiger partial charge in [0, 0.05) is 42.7 Å². The molecule has 0 saturated heterocycles. The van der Waals surface area contributed by atoms with Crippen molar-refractivity contribution in [1.29, 1.82) is 0 Å². The monoisotopic (exact) mass is 534 g/mol. The lowest BCUT2D eigenvalue weighted by Crippen LogP contribution is -2.41. The smallest absolute Gasteiger partial charge is 0.457 e. The van der Waals surface area contributed by atoms with Crippen molar-refractivity contribution < 1.29 is 45.0 Å². The summed E-state index contributed by atoms with van der Waals surface area (Å²) < 4.78 is 111. The van der Waals surface area contributed by atoms with Gasteiger partial charge in [-0.2, -0.15) is 35.1 Å². The van der Waals surface area contributed by atoms with Crippen molar-refractivity contribution in [2.24, 2.45) is 0 Å². The molecule has 0 amide bonds. The third-order valence-electron chi connectivity index (χ3n) is 5.33. The molecule has 0 aliphatic heterocycles. The van der Waals surface area contributed by atoms with Gasteiger partial charge in [-0.1, -0.05) is 30.3 Å². The Labute approximate surface area is 207 Å². The molecule has 4 nitrogen and oxygen atoms in total. The van der Waals surface area contributed by atoms with Crippen molar-refractivity contribution >= 4 is 11.4 Å². The van der Waals surface area contributed by atoms with Crippen LogP contribution in [0.2, 0.25) is 0 Å². The number of aliphatic hydroxyl groups excluding tert-OH is 1. The Balaban J connectivity index is 1.94. The molecule has 0 fully saturated rings. The predicted molar refractivity (Wildman–Crippen MR) is 122 cm³/mol. The van der Waals surface area contributed by atoms with E-state index in [9.17, 15) is 40.2 Å². The summed E-state index contributed by atoms with van der Waals surface area (Å²) in [4.78, 5) is 1.01. The van der Waals surface area contributed by atoms with Gasteiger partial charge in [-0.25, -0.2) is 0 Å². The number of hydrogen-bond donors (Lipinski definition) is 2. The summed E-state index contributed by atoms with van der Waals surface area (Å²) in [5, 5.41) is 12.6. The molecular formula is C25H22F8N2O2. The van der Waals surface area contributed by atoms with Gasteiger partial charge in [0.1, 0.15) is 11.5 Å². The number of alkyl halides is 8. The number of nitrogens with zero attached hydrogens (tertiary/aromatic N) is 1. The standard InChI is InChI=1S/C25H22F8N2O2/c1-34-18-7-3-9-20(12-18)37-21-10-4-8-19(13-21)35(15-22(36)24(28,29)30)14-16-5-2-6-17(11-16)23(26,27)25(31,32)33/h2-13,22,34,36H,14-15H2,1H3. The zero-order chi connectivity index (χ0) is 27.4. The molecule has 3 rings (SSSR count). The number of anilines is 2. The minimum atomic E-state index is -5.85. The van der Waals surface area contributed by atoms with Gasteiger partial charge in [0.05, 0.1) is 6.54 Å². The maximum Gasteiger partial charge on any atom is 0.458 e. The highest BCUT2D eigenvalue weighted by Gasteiger charge is 2.58. The Bertz CT molecular complexity index is 1200. The van der Waals surface area contributed by atoms with Crippen molar-refractivity contribution in [3.8, 4) is 11.5 Å². The van der Waals surface area contributed by atoms with Crippen LogP contribution in [0.4, 0.5) is 46.5 Å². The molecule has 37 heavy (non-hydrogen) atoms. The number of benzene rings is 3. The van der Waals surface area contributed by atoms with Gasteiger partial charge < -0.3 is 20.1 Å². The van der Waals surface area contributed by atoms with E-state index < -0.39 is 43.0 Å². The van der Waals surface area contributed by atoms with Crippen LogP contribution in [0.1, 0.15) is 11.1 Å². The molecule has 3 aromatic carbocycles. The minimum absolute atomic E-state index is 0.110. The second kappa shape index (κ2) is 10.8. The molecule has 0 heterocycles. The van der Waals surface area contributed by atoms with Crippen LogP contribution in [0.25, 0.3) is 0 Å². The van der Waals surface area contributed by atoms with E-state index in [1.165, 1.54) is 30.3 Å². The Kier molecular flexibility index (Phi) is 8.21. The van der Waals surface area contributed by atoms with Crippen LogP contribution < -0.4 is 15.0 Å². The number of nitrogens with one attached hydrogen (secondary N) is 1. The summed E-state index contributed by atoms with van der Waals surface area (Å²) in [6.45, 7) is -1.52. The molecule has 1 unspecified atom stereocenters. The van der Waals surface area contributed by atoms with Crippen LogP contribution in [-0.4, -0.2) is 37.2 Å². The Morgan fingerprint density at radius 2 is 1.46 bits per heavy atom. The Morgan fingerprint density at radius 3 is 2.08 bits per heavy atom. The molecule has 12 heteroatoms. The fraction of sp³-hybridized carbons (Fsp3) is 0.280. The van der Waals surface area contributed by atoms with Gasteiger partial charge in [0.25, 0.3) is 0 Å². The fourth-order valence-electron chi connectivity index (χ4n) is 3.42. The van der Waals surface area contributed by atoms with Crippen LogP contribution in [0.5, 0.6) is 11.5 Å². The van der Waals surface area contributed by atoms with Crippen LogP contribution >= 0.6 is 0 Å². The van der Waals surface area contributed by atoms with E-state index in [2.05, 4.69) is 5.32 Å². The van der Waals surface area contributed by atoms with Crippen molar-refractivity contribution in [1.82, 2.24) is 0 Å². The van der Waals surface area contributed by atoms with Crippen molar-refractivity contribution in [2.45, 2.75) is 30.9 Å². The van der Waals surface area contributed by atoms with Gasteiger partial charge in [-0.15, -0.1) is 0 Å². The molecule has 0 radical (unpaired) electrons. The molecule has 2 N–H and O–H groups in total. The zero-order valence-electron chi connectivity index (χ0n) is 19.2. The molecule has 3 aromatic rings. The summed E-state index contributed by atoms with van der Waals surface area (Å²) in [6, 6.07) is 15.9. The van der Waals surface area contributed by atoms with E-state index >= 15 is 0 Å². The normalized spacial score (nSPS) is 13.2. The van der Waals surface area contributed by atoms with E-state index in [4.69, 9.17) is 4.74 Å². The highest BCUT2D eigenvalue weighted by molar-refractivity contribution is 5.54. The second-order valence-electron chi connectivity index (χ2n) is 8.09. The number of aliphatic hydroxyl groups is 1. The summed E-state index contributed by atoms with van der Waals surface area (Å²) >= 11 is 0. The molecule has 200 valence electrons. The highest BCUT2D eigenvalue weighted by atomic mass is 19.4.